The minimum atomic E-state index is -0.125. The quantitative estimate of drug-likeness (QED) is 0.293. The van der Waals surface area contributed by atoms with Crippen molar-refractivity contribution >= 4 is 56.9 Å². The van der Waals surface area contributed by atoms with E-state index in [1.807, 2.05) is 32.0 Å². The van der Waals surface area contributed by atoms with Gasteiger partial charge < -0.3 is 14.2 Å². The van der Waals surface area contributed by atoms with Gasteiger partial charge in [-0.15, -0.1) is 0 Å². The highest BCUT2D eigenvalue weighted by atomic mass is 32.2. The zero-order chi connectivity index (χ0) is 24.2. The van der Waals surface area contributed by atoms with Crippen LogP contribution in [0.5, 0.6) is 0 Å². The molecule has 182 valence electrons. The summed E-state index contributed by atoms with van der Waals surface area (Å²) in [6, 6.07) is 8.09. The van der Waals surface area contributed by atoms with Crippen LogP contribution in [0.4, 0.5) is 5.69 Å². The first kappa shape index (κ1) is 24.9. The van der Waals surface area contributed by atoms with Gasteiger partial charge in [0.2, 0.25) is 0 Å². The van der Waals surface area contributed by atoms with E-state index in [1.165, 1.54) is 11.8 Å². The van der Waals surface area contributed by atoms with Gasteiger partial charge >= 0.3 is 0 Å². The molecule has 0 aliphatic carbocycles. The van der Waals surface area contributed by atoms with Gasteiger partial charge in [-0.25, -0.2) is 0 Å². The maximum atomic E-state index is 13.8. The Bertz CT molecular complexity index is 1170. The number of benzene rings is 1. The van der Waals surface area contributed by atoms with Gasteiger partial charge in [0.1, 0.15) is 4.32 Å². The number of ether oxygens (including phenoxy) is 1. The molecule has 0 spiro atoms. The number of hydrogen-bond donors (Lipinski definition) is 0. The molecule has 0 N–H and O–H groups in total. The summed E-state index contributed by atoms with van der Waals surface area (Å²) in [4.78, 5) is 31.5. The molecular weight excluding hydrogens is 466 g/mol. The highest BCUT2D eigenvalue weighted by molar-refractivity contribution is 8.26. The zero-order valence-electron chi connectivity index (χ0n) is 20.2. The van der Waals surface area contributed by atoms with Gasteiger partial charge in [0.25, 0.3) is 11.5 Å². The second-order valence-corrected chi connectivity index (χ2v) is 10.6. The standard InChI is InChI=1S/C26H33N3O3S2/c1-4-28-21-10-7-6-9-19(21)23(27-14-11-18(3)12-15-27)20(24(28)30)17-22-25(31)29(26(33)34-22)13-8-16-32-5-2/h6-7,9-10,17-18H,4-5,8,11-16H2,1-3H3. The topological polar surface area (TPSA) is 54.8 Å². The molecule has 0 unspecified atom stereocenters. The second kappa shape index (κ2) is 11.1. The molecule has 0 atom stereocenters. The van der Waals surface area contributed by atoms with Gasteiger partial charge in [-0.05, 0) is 51.2 Å². The van der Waals surface area contributed by atoms with Crippen molar-refractivity contribution in [2.75, 3.05) is 37.7 Å². The van der Waals surface area contributed by atoms with Crippen LogP contribution in [-0.2, 0) is 16.1 Å². The van der Waals surface area contributed by atoms with Crippen LogP contribution in [0, 0.1) is 5.92 Å². The predicted octanol–water partition coefficient (Wildman–Crippen LogP) is 4.89. The Balaban J connectivity index is 1.79. The molecule has 2 aliphatic rings. The number of carbonyl (C=O) groups is 1. The molecule has 1 aromatic heterocycles. The summed E-state index contributed by atoms with van der Waals surface area (Å²) in [6.45, 7) is 10.4. The highest BCUT2D eigenvalue weighted by Gasteiger charge is 2.33. The molecule has 1 aromatic carbocycles. The number of pyridine rings is 1. The van der Waals surface area contributed by atoms with E-state index >= 15 is 0 Å². The molecule has 6 nitrogen and oxygen atoms in total. The molecule has 0 saturated carbocycles. The van der Waals surface area contributed by atoms with Crippen LogP contribution in [0.15, 0.2) is 34.0 Å². The fourth-order valence-corrected chi connectivity index (χ4v) is 6.01. The average molecular weight is 500 g/mol. The summed E-state index contributed by atoms with van der Waals surface area (Å²) < 4.78 is 7.75. The smallest absolute Gasteiger partial charge is 0.266 e. The Morgan fingerprint density at radius 3 is 2.62 bits per heavy atom. The first-order valence-corrected chi connectivity index (χ1v) is 13.4. The van der Waals surface area contributed by atoms with Crippen molar-refractivity contribution in [1.29, 1.82) is 0 Å². The number of rotatable bonds is 8. The number of para-hydroxylation sites is 1. The van der Waals surface area contributed by atoms with Gasteiger partial charge in [0.05, 0.1) is 21.7 Å². The van der Waals surface area contributed by atoms with E-state index in [-0.39, 0.29) is 11.5 Å². The third kappa shape index (κ3) is 4.95. The Kier molecular flexibility index (Phi) is 8.11. The summed E-state index contributed by atoms with van der Waals surface area (Å²) in [5, 5.41) is 1.05. The molecule has 8 heteroatoms. The first-order valence-electron chi connectivity index (χ1n) is 12.2. The van der Waals surface area contributed by atoms with Gasteiger partial charge in [-0.2, -0.15) is 0 Å². The lowest BCUT2D eigenvalue weighted by molar-refractivity contribution is -0.122. The minimum Gasteiger partial charge on any atom is -0.382 e. The monoisotopic (exact) mass is 499 g/mol. The Morgan fingerprint density at radius 1 is 1.18 bits per heavy atom. The fourth-order valence-electron chi connectivity index (χ4n) is 4.72. The van der Waals surface area contributed by atoms with Crippen molar-refractivity contribution in [2.24, 2.45) is 5.92 Å². The Labute approximate surface area is 210 Å². The van der Waals surface area contributed by atoms with E-state index in [0.29, 0.717) is 47.0 Å². The number of aryl methyl sites for hydroxylation is 1. The molecule has 0 bridgehead atoms. The minimum absolute atomic E-state index is 0.0589. The number of fused-ring (bicyclic) bond motifs is 1. The Hall–Kier alpha value is -2.16. The summed E-state index contributed by atoms with van der Waals surface area (Å²) in [7, 11) is 0. The van der Waals surface area contributed by atoms with Crippen molar-refractivity contribution in [3.05, 3.63) is 45.1 Å². The normalized spacial score (nSPS) is 18.6. The van der Waals surface area contributed by atoms with Crippen LogP contribution < -0.4 is 10.5 Å². The molecule has 0 radical (unpaired) electrons. The SMILES string of the molecule is CCOCCCN1C(=O)C(=Cc2c(N3CCC(C)CC3)c3ccccc3n(CC)c2=O)SC1=S. The third-order valence-electron chi connectivity index (χ3n) is 6.62. The van der Waals surface area contributed by atoms with Crippen molar-refractivity contribution in [3.8, 4) is 0 Å². The molecule has 2 fully saturated rings. The van der Waals surface area contributed by atoms with E-state index in [1.54, 1.807) is 15.5 Å². The zero-order valence-corrected chi connectivity index (χ0v) is 21.8. The second-order valence-electron chi connectivity index (χ2n) is 8.88. The van der Waals surface area contributed by atoms with Crippen molar-refractivity contribution < 1.29 is 9.53 Å². The molecule has 3 heterocycles. The van der Waals surface area contributed by atoms with E-state index in [2.05, 4.69) is 17.9 Å². The molecule has 1 amide bonds. The molecule has 2 saturated heterocycles. The van der Waals surface area contributed by atoms with Crippen molar-refractivity contribution in [1.82, 2.24) is 9.47 Å². The lowest BCUT2D eigenvalue weighted by atomic mass is 9.97. The van der Waals surface area contributed by atoms with Crippen molar-refractivity contribution in [3.63, 3.8) is 0 Å². The molecule has 2 aliphatic heterocycles. The number of thioether (sulfide) groups is 1. The van der Waals surface area contributed by atoms with Crippen LogP contribution in [0.1, 0.15) is 45.6 Å². The molecular formula is C26H33N3O3S2. The van der Waals surface area contributed by atoms with Crippen molar-refractivity contribution in [2.45, 2.75) is 46.6 Å². The number of anilines is 1. The summed E-state index contributed by atoms with van der Waals surface area (Å²) in [5.74, 6) is 0.551. The van der Waals surface area contributed by atoms with Crippen LogP contribution in [0.25, 0.3) is 17.0 Å². The summed E-state index contributed by atoms with van der Waals surface area (Å²) in [6.07, 6.45) is 4.69. The van der Waals surface area contributed by atoms with Gasteiger partial charge in [-0.3, -0.25) is 14.5 Å². The largest absolute Gasteiger partial charge is 0.382 e. The van der Waals surface area contributed by atoms with Gasteiger partial charge in [0, 0.05) is 44.8 Å². The fraction of sp³-hybridized carbons (Fsp3) is 0.500. The number of nitrogens with zero attached hydrogens (tertiary/aromatic N) is 3. The lowest BCUT2D eigenvalue weighted by Crippen LogP contribution is -2.36. The summed E-state index contributed by atoms with van der Waals surface area (Å²) >= 11 is 6.80. The number of thiocarbonyl (C=S) groups is 1. The van der Waals surface area contributed by atoms with E-state index in [4.69, 9.17) is 17.0 Å². The third-order valence-corrected chi connectivity index (χ3v) is 8.00. The maximum Gasteiger partial charge on any atom is 0.266 e. The first-order chi connectivity index (χ1) is 16.5. The summed E-state index contributed by atoms with van der Waals surface area (Å²) in [5.41, 5.74) is 2.41. The van der Waals surface area contributed by atoms with Crippen LogP contribution in [0.2, 0.25) is 0 Å². The number of hydrogen-bond acceptors (Lipinski definition) is 6. The number of amides is 1. The van der Waals surface area contributed by atoms with E-state index in [9.17, 15) is 9.59 Å². The van der Waals surface area contributed by atoms with Crippen LogP contribution in [-0.4, -0.2) is 52.5 Å². The molecule has 2 aromatic rings. The Morgan fingerprint density at radius 2 is 1.91 bits per heavy atom. The number of carbonyl (C=O) groups excluding carboxylic acids is 1. The lowest BCUT2D eigenvalue weighted by Gasteiger charge is -2.34. The molecule has 34 heavy (non-hydrogen) atoms. The van der Waals surface area contributed by atoms with E-state index in [0.717, 1.165) is 48.9 Å². The average Bonchev–Trinajstić information content (AvgIpc) is 3.10. The van der Waals surface area contributed by atoms with Crippen LogP contribution in [0.3, 0.4) is 0 Å². The maximum absolute atomic E-state index is 13.8. The number of piperidine rings is 1. The van der Waals surface area contributed by atoms with Gasteiger partial charge in [-0.1, -0.05) is 49.1 Å². The number of aromatic nitrogens is 1. The van der Waals surface area contributed by atoms with Gasteiger partial charge in [0.15, 0.2) is 0 Å². The van der Waals surface area contributed by atoms with E-state index < -0.39 is 0 Å². The highest BCUT2D eigenvalue weighted by Crippen LogP contribution is 2.37. The predicted molar refractivity (Wildman–Crippen MR) is 145 cm³/mol. The molecule has 4 rings (SSSR count). The van der Waals surface area contributed by atoms with Crippen LogP contribution >= 0.6 is 24.0 Å².